The summed E-state index contributed by atoms with van der Waals surface area (Å²) in [6, 6.07) is 3.36. The van der Waals surface area contributed by atoms with Crippen molar-refractivity contribution in [3.05, 3.63) is 28.8 Å². The van der Waals surface area contributed by atoms with Gasteiger partial charge in [0, 0.05) is 12.3 Å². The predicted molar refractivity (Wildman–Crippen MR) is 80.1 cm³/mol. The molecule has 0 saturated carbocycles. The third-order valence-corrected chi connectivity index (χ3v) is 3.64. The summed E-state index contributed by atoms with van der Waals surface area (Å²) >= 11 is 0.778. The lowest BCUT2D eigenvalue weighted by atomic mass is 10.2. The summed E-state index contributed by atoms with van der Waals surface area (Å²) in [6.45, 7) is 1.47. The van der Waals surface area contributed by atoms with Crippen molar-refractivity contribution in [1.29, 1.82) is 0 Å². The van der Waals surface area contributed by atoms with E-state index in [1.807, 2.05) is 0 Å². The van der Waals surface area contributed by atoms with Crippen LogP contribution in [-0.2, 0) is 14.3 Å². The highest BCUT2D eigenvalue weighted by Gasteiger charge is 2.36. The lowest BCUT2D eigenvalue weighted by Gasteiger charge is -2.10. The molecule has 8 heteroatoms. The van der Waals surface area contributed by atoms with E-state index in [4.69, 9.17) is 9.47 Å². The average molecular weight is 322 g/mol. The molecule has 0 aliphatic carbocycles. The Hall–Kier alpha value is -2.35. The van der Waals surface area contributed by atoms with Crippen LogP contribution in [0.1, 0.15) is 12.5 Å². The minimum Gasteiger partial charge on any atom is -0.481 e. The quantitative estimate of drug-likeness (QED) is 0.602. The van der Waals surface area contributed by atoms with Gasteiger partial charge in [-0.1, -0.05) is 0 Å². The third-order valence-electron chi connectivity index (χ3n) is 2.73. The van der Waals surface area contributed by atoms with Crippen LogP contribution in [0, 0.1) is 0 Å². The van der Waals surface area contributed by atoms with E-state index in [1.54, 1.807) is 25.1 Å². The Kier molecular flexibility index (Phi) is 5.16. The third kappa shape index (κ3) is 3.64. The van der Waals surface area contributed by atoms with Gasteiger partial charge >= 0.3 is 5.97 Å². The molecule has 7 nitrogen and oxygen atoms in total. The standard InChI is InChI=1S/C14H14N2O5S/c1-3-21-12(17)8-16-13(18)10(22-14(16)19)6-9-4-5-11(20-2)15-7-9/h4-7H,3,8H2,1-2H3/b10-6-. The molecule has 2 rings (SSSR count). The van der Waals surface area contributed by atoms with Crippen LogP contribution >= 0.6 is 11.8 Å². The number of hydrogen-bond donors (Lipinski definition) is 0. The van der Waals surface area contributed by atoms with Crippen molar-refractivity contribution in [2.24, 2.45) is 0 Å². The van der Waals surface area contributed by atoms with E-state index < -0.39 is 17.1 Å². The van der Waals surface area contributed by atoms with Gasteiger partial charge in [-0.25, -0.2) is 4.98 Å². The van der Waals surface area contributed by atoms with Crippen molar-refractivity contribution >= 4 is 35.0 Å². The van der Waals surface area contributed by atoms with Crippen LogP contribution in [0.2, 0.25) is 0 Å². The van der Waals surface area contributed by atoms with Gasteiger partial charge in [0.15, 0.2) is 0 Å². The topological polar surface area (TPSA) is 85.8 Å². The van der Waals surface area contributed by atoms with E-state index in [0.717, 1.165) is 16.7 Å². The normalized spacial score (nSPS) is 16.3. The molecule has 1 aliphatic heterocycles. The van der Waals surface area contributed by atoms with E-state index >= 15 is 0 Å². The van der Waals surface area contributed by atoms with Gasteiger partial charge in [-0.3, -0.25) is 19.3 Å². The number of pyridine rings is 1. The lowest BCUT2D eigenvalue weighted by Crippen LogP contribution is -2.34. The first-order chi connectivity index (χ1) is 10.5. The fourth-order valence-corrected chi connectivity index (χ4v) is 2.56. The summed E-state index contributed by atoms with van der Waals surface area (Å²) in [5.74, 6) is -0.677. The zero-order valence-corrected chi connectivity index (χ0v) is 12.9. The number of carbonyl (C=O) groups excluding carboxylic acids is 3. The second-order valence-corrected chi connectivity index (χ2v) is 5.20. The van der Waals surface area contributed by atoms with Crippen LogP contribution in [0.3, 0.4) is 0 Å². The Bertz CT molecular complexity index is 627. The molecule has 0 radical (unpaired) electrons. The highest BCUT2D eigenvalue weighted by Crippen LogP contribution is 2.32. The number of rotatable bonds is 5. The maximum atomic E-state index is 12.1. The highest BCUT2D eigenvalue weighted by atomic mass is 32.2. The van der Waals surface area contributed by atoms with Gasteiger partial charge in [-0.2, -0.15) is 0 Å². The monoisotopic (exact) mass is 322 g/mol. The Morgan fingerprint density at radius 2 is 2.18 bits per heavy atom. The van der Waals surface area contributed by atoms with Gasteiger partial charge in [0.1, 0.15) is 6.54 Å². The van der Waals surface area contributed by atoms with Gasteiger partial charge in [0.25, 0.3) is 11.1 Å². The molecule has 22 heavy (non-hydrogen) atoms. The first kappa shape index (κ1) is 16.0. The van der Waals surface area contributed by atoms with Crippen molar-refractivity contribution in [1.82, 2.24) is 9.88 Å². The Balaban J connectivity index is 2.12. The molecule has 2 amide bonds. The molecule has 0 spiro atoms. The number of ether oxygens (including phenoxy) is 2. The first-order valence-electron chi connectivity index (χ1n) is 6.46. The Morgan fingerprint density at radius 3 is 2.77 bits per heavy atom. The SMILES string of the molecule is CCOC(=O)CN1C(=O)S/C(=C\c2ccc(OC)nc2)C1=O. The molecule has 1 fully saturated rings. The van der Waals surface area contributed by atoms with Gasteiger partial charge in [0.2, 0.25) is 5.88 Å². The minimum absolute atomic E-state index is 0.197. The van der Waals surface area contributed by atoms with Crippen molar-refractivity contribution in [2.45, 2.75) is 6.92 Å². The number of hydrogen-bond acceptors (Lipinski definition) is 7. The zero-order valence-electron chi connectivity index (χ0n) is 12.1. The average Bonchev–Trinajstić information content (AvgIpc) is 2.76. The molecule has 0 N–H and O–H groups in total. The van der Waals surface area contributed by atoms with Crippen LogP contribution in [0.5, 0.6) is 5.88 Å². The summed E-state index contributed by atoms with van der Waals surface area (Å²) in [5, 5.41) is -0.495. The summed E-state index contributed by atoms with van der Waals surface area (Å²) in [5.41, 5.74) is 0.655. The molecule has 0 unspecified atom stereocenters. The molecule has 2 heterocycles. The van der Waals surface area contributed by atoms with Crippen molar-refractivity contribution < 1.29 is 23.9 Å². The van der Waals surface area contributed by atoms with Gasteiger partial charge in [0.05, 0.1) is 18.6 Å². The second kappa shape index (κ2) is 7.08. The number of carbonyl (C=O) groups is 3. The van der Waals surface area contributed by atoms with Crippen molar-refractivity contribution in [2.75, 3.05) is 20.3 Å². The number of imide groups is 1. The smallest absolute Gasteiger partial charge is 0.326 e. The number of thioether (sulfide) groups is 1. The summed E-state index contributed by atoms with van der Waals surface area (Å²) in [6.07, 6.45) is 3.07. The zero-order chi connectivity index (χ0) is 16.1. The molecular formula is C14H14N2O5S. The van der Waals surface area contributed by atoms with Crippen LogP contribution in [0.25, 0.3) is 6.08 Å². The van der Waals surface area contributed by atoms with Crippen LogP contribution < -0.4 is 4.74 Å². The number of nitrogens with zero attached hydrogens (tertiary/aromatic N) is 2. The van der Waals surface area contributed by atoms with Gasteiger partial charge in [-0.15, -0.1) is 0 Å². The summed E-state index contributed by atoms with van der Waals surface area (Å²) in [4.78, 5) is 40.5. The minimum atomic E-state index is -0.614. The maximum absolute atomic E-state index is 12.1. The van der Waals surface area contributed by atoms with Crippen molar-refractivity contribution in [3.63, 3.8) is 0 Å². The fourth-order valence-electron chi connectivity index (χ4n) is 1.72. The molecular weight excluding hydrogens is 308 g/mol. The lowest BCUT2D eigenvalue weighted by molar-refractivity contribution is -0.145. The van der Waals surface area contributed by atoms with Crippen molar-refractivity contribution in [3.8, 4) is 5.88 Å². The van der Waals surface area contributed by atoms with Crippen LogP contribution in [-0.4, -0.2) is 47.3 Å². The van der Waals surface area contributed by atoms with E-state index in [9.17, 15) is 14.4 Å². The van der Waals surface area contributed by atoms with Gasteiger partial charge < -0.3 is 9.47 Å². The maximum Gasteiger partial charge on any atom is 0.326 e. The predicted octanol–water partition coefficient (Wildman–Crippen LogP) is 1.69. The fraction of sp³-hybridized carbons (Fsp3) is 0.286. The first-order valence-corrected chi connectivity index (χ1v) is 7.27. The van der Waals surface area contributed by atoms with Crippen LogP contribution in [0.15, 0.2) is 23.2 Å². The number of amides is 2. The van der Waals surface area contributed by atoms with E-state index in [1.165, 1.54) is 13.3 Å². The molecule has 0 aromatic carbocycles. The number of methoxy groups -OCH3 is 1. The van der Waals surface area contributed by atoms with Gasteiger partial charge in [-0.05, 0) is 36.4 Å². The summed E-state index contributed by atoms with van der Waals surface area (Å²) in [7, 11) is 1.50. The molecule has 0 atom stereocenters. The molecule has 1 saturated heterocycles. The summed E-state index contributed by atoms with van der Waals surface area (Å²) < 4.78 is 9.69. The molecule has 116 valence electrons. The Morgan fingerprint density at radius 1 is 1.41 bits per heavy atom. The largest absolute Gasteiger partial charge is 0.481 e. The highest BCUT2D eigenvalue weighted by molar-refractivity contribution is 8.18. The molecule has 1 aliphatic rings. The van der Waals surface area contributed by atoms with Crippen LogP contribution in [0.4, 0.5) is 4.79 Å². The number of esters is 1. The molecule has 1 aromatic heterocycles. The second-order valence-electron chi connectivity index (χ2n) is 4.21. The molecule has 1 aromatic rings. The van der Waals surface area contributed by atoms with E-state index in [2.05, 4.69) is 4.98 Å². The Labute approximate surface area is 131 Å². The van der Waals surface area contributed by atoms with E-state index in [0.29, 0.717) is 11.4 Å². The molecule has 0 bridgehead atoms. The number of aromatic nitrogens is 1. The van der Waals surface area contributed by atoms with E-state index in [-0.39, 0.29) is 18.1 Å².